The third kappa shape index (κ3) is 4.26. The largest absolute Gasteiger partial charge is 0.495 e. The van der Waals surface area contributed by atoms with Crippen LogP contribution in [0.15, 0.2) is 24.3 Å². The van der Waals surface area contributed by atoms with Gasteiger partial charge in [-0.2, -0.15) is 0 Å². The van der Waals surface area contributed by atoms with Crippen LogP contribution in [0.4, 0.5) is 5.69 Å². The van der Waals surface area contributed by atoms with E-state index in [4.69, 9.17) is 10.5 Å². The molecule has 1 saturated carbocycles. The van der Waals surface area contributed by atoms with E-state index < -0.39 is 0 Å². The Balaban J connectivity index is 0.00000144. The van der Waals surface area contributed by atoms with Gasteiger partial charge in [0.05, 0.1) is 18.7 Å². The molecule has 1 aromatic rings. The number of para-hydroxylation sites is 2. The van der Waals surface area contributed by atoms with E-state index in [-0.39, 0.29) is 42.7 Å². The van der Waals surface area contributed by atoms with Gasteiger partial charge in [0.15, 0.2) is 0 Å². The zero-order valence-electron chi connectivity index (χ0n) is 14.0. The lowest BCUT2D eigenvalue weighted by molar-refractivity contribution is -0.136. The van der Waals surface area contributed by atoms with E-state index in [2.05, 4.69) is 11.0 Å². The summed E-state index contributed by atoms with van der Waals surface area (Å²) in [6.07, 6.45) is 3.02. The van der Waals surface area contributed by atoms with E-state index in [1.807, 2.05) is 23.1 Å². The first-order chi connectivity index (χ1) is 10.7. The molecule has 2 atom stereocenters. The van der Waals surface area contributed by atoms with Crippen LogP contribution in [0.2, 0.25) is 0 Å². The maximum atomic E-state index is 12.6. The predicted molar refractivity (Wildman–Crippen MR) is 102 cm³/mol. The number of nitrogens with two attached hydrogens (primary N) is 1. The van der Waals surface area contributed by atoms with Gasteiger partial charge >= 0.3 is 0 Å². The number of piperazine rings is 1. The highest BCUT2D eigenvalue weighted by molar-refractivity contribution is 5.85. The molecular formula is C17H27Cl2N3O2. The van der Waals surface area contributed by atoms with Crippen LogP contribution in [-0.4, -0.2) is 50.1 Å². The summed E-state index contributed by atoms with van der Waals surface area (Å²) in [7, 11) is 1.69. The molecule has 1 aliphatic heterocycles. The smallest absolute Gasteiger partial charge is 0.227 e. The molecule has 0 bridgehead atoms. The number of amides is 1. The monoisotopic (exact) mass is 375 g/mol. The van der Waals surface area contributed by atoms with E-state index in [9.17, 15) is 4.79 Å². The van der Waals surface area contributed by atoms with Gasteiger partial charge in [0.25, 0.3) is 0 Å². The van der Waals surface area contributed by atoms with Gasteiger partial charge in [-0.25, -0.2) is 0 Å². The highest BCUT2D eigenvalue weighted by Gasteiger charge is 2.34. The second-order valence-electron chi connectivity index (χ2n) is 6.19. The molecule has 2 aliphatic rings. The number of carbonyl (C=O) groups excluding carboxylic acids is 1. The standard InChI is InChI=1S/C17H25N3O2.2ClH/c1-22-16-8-3-2-7-15(16)19-9-11-20(12-10-19)17(21)13-5-4-6-14(13)18;;/h2-3,7-8,13-14H,4-6,9-12,18H2,1H3;2*1H. The Bertz CT molecular complexity index is 536. The summed E-state index contributed by atoms with van der Waals surface area (Å²) < 4.78 is 5.43. The van der Waals surface area contributed by atoms with Crippen LogP contribution in [0.5, 0.6) is 5.75 Å². The van der Waals surface area contributed by atoms with Gasteiger partial charge in [0, 0.05) is 32.2 Å². The normalized spacial score (nSPS) is 23.2. The SMILES string of the molecule is COc1ccccc1N1CCN(C(=O)C2CCCC2N)CC1.Cl.Cl. The third-order valence-corrected chi connectivity index (χ3v) is 4.90. The van der Waals surface area contributed by atoms with Gasteiger partial charge < -0.3 is 20.3 Å². The van der Waals surface area contributed by atoms with E-state index in [1.165, 1.54) is 0 Å². The van der Waals surface area contributed by atoms with E-state index >= 15 is 0 Å². The molecule has 7 heteroatoms. The number of hydrogen-bond acceptors (Lipinski definition) is 4. The molecule has 2 N–H and O–H groups in total. The first-order valence-corrected chi connectivity index (χ1v) is 8.13. The van der Waals surface area contributed by atoms with E-state index in [1.54, 1.807) is 7.11 Å². The summed E-state index contributed by atoms with van der Waals surface area (Å²) in [6, 6.07) is 8.10. The summed E-state index contributed by atoms with van der Waals surface area (Å²) in [6.45, 7) is 3.21. The van der Waals surface area contributed by atoms with Crippen LogP contribution in [0.25, 0.3) is 0 Å². The van der Waals surface area contributed by atoms with Crippen molar-refractivity contribution in [1.82, 2.24) is 4.90 Å². The van der Waals surface area contributed by atoms with Crippen molar-refractivity contribution in [3.8, 4) is 5.75 Å². The second-order valence-corrected chi connectivity index (χ2v) is 6.19. The summed E-state index contributed by atoms with van der Waals surface area (Å²) in [4.78, 5) is 16.9. The van der Waals surface area contributed by atoms with Crippen LogP contribution in [-0.2, 0) is 4.79 Å². The number of ether oxygens (including phenoxy) is 1. The van der Waals surface area contributed by atoms with Gasteiger partial charge in [-0.15, -0.1) is 24.8 Å². The molecule has 0 aromatic heterocycles. The Morgan fingerprint density at radius 1 is 1.12 bits per heavy atom. The van der Waals surface area contributed by atoms with Gasteiger partial charge in [-0.05, 0) is 25.0 Å². The van der Waals surface area contributed by atoms with Gasteiger partial charge in [-0.3, -0.25) is 4.79 Å². The average Bonchev–Trinajstić information content (AvgIpc) is 3.00. The first-order valence-electron chi connectivity index (χ1n) is 8.13. The van der Waals surface area contributed by atoms with Crippen molar-refractivity contribution in [3.63, 3.8) is 0 Å². The van der Waals surface area contributed by atoms with E-state index in [0.29, 0.717) is 0 Å². The zero-order valence-corrected chi connectivity index (χ0v) is 15.7. The molecule has 1 aromatic carbocycles. The number of hydrogen-bond donors (Lipinski definition) is 1. The van der Waals surface area contributed by atoms with Crippen molar-refractivity contribution in [2.75, 3.05) is 38.2 Å². The molecule has 2 fully saturated rings. The second kappa shape index (κ2) is 9.35. The number of rotatable bonds is 3. The van der Waals surface area contributed by atoms with Crippen molar-refractivity contribution in [3.05, 3.63) is 24.3 Å². The molecule has 5 nitrogen and oxygen atoms in total. The molecule has 1 amide bonds. The number of nitrogens with zero attached hydrogens (tertiary/aromatic N) is 2. The highest BCUT2D eigenvalue weighted by atomic mass is 35.5. The fourth-order valence-corrected chi connectivity index (χ4v) is 3.59. The quantitative estimate of drug-likeness (QED) is 0.880. The summed E-state index contributed by atoms with van der Waals surface area (Å²) in [5, 5.41) is 0. The highest BCUT2D eigenvalue weighted by Crippen LogP contribution is 2.30. The van der Waals surface area contributed by atoms with Crippen LogP contribution < -0.4 is 15.4 Å². The predicted octanol–water partition coefficient (Wildman–Crippen LogP) is 2.31. The molecule has 1 saturated heterocycles. The lowest BCUT2D eigenvalue weighted by Crippen LogP contribution is -2.52. The maximum absolute atomic E-state index is 12.6. The van der Waals surface area contributed by atoms with Crippen LogP contribution in [0, 0.1) is 5.92 Å². The Morgan fingerprint density at radius 3 is 2.38 bits per heavy atom. The van der Waals surface area contributed by atoms with Crippen LogP contribution >= 0.6 is 24.8 Å². The van der Waals surface area contributed by atoms with Crippen LogP contribution in [0.3, 0.4) is 0 Å². The minimum Gasteiger partial charge on any atom is -0.495 e. The van der Waals surface area contributed by atoms with Gasteiger partial charge in [0.2, 0.25) is 5.91 Å². The summed E-state index contributed by atoms with van der Waals surface area (Å²) in [5.74, 6) is 1.18. The molecule has 1 heterocycles. The molecule has 3 rings (SSSR count). The molecule has 0 radical (unpaired) electrons. The topological polar surface area (TPSA) is 58.8 Å². The lowest BCUT2D eigenvalue weighted by atomic mass is 10.0. The number of halogens is 2. The Hall–Kier alpha value is -1.17. The third-order valence-electron chi connectivity index (χ3n) is 4.90. The Labute approximate surface area is 156 Å². The van der Waals surface area contributed by atoms with Crippen LogP contribution in [0.1, 0.15) is 19.3 Å². The zero-order chi connectivity index (χ0) is 15.5. The molecule has 24 heavy (non-hydrogen) atoms. The van der Waals surface area contributed by atoms with Crippen molar-refractivity contribution in [2.24, 2.45) is 11.7 Å². The minimum absolute atomic E-state index is 0. The lowest BCUT2D eigenvalue weighted by Gasteiger charge is -2.38. The fourth-order valence-electron chi connectivity index (χ4n) is 3.59. The van der Waals surface area contributed by atoms with Crippen molar-refractivity contribution < 1.29 is 9.53 Å². The molecular weight excluding hydrogens is 349 g/mol. The Kier molecular flexibility index (Phi) is 8.13. The summed E-state index contributed by atoms with van der Waals surface area (Å²) >= 11 is 0. The van der Waals surface area contributed by atoms with Crippen molar-refractivity contribution >= 4 is 36.4 Å². The maximum Gasteiger partial charge on any atom is 0.227 e. The average molecular weight is 376 g/mol. The summed E-state index contributed by atoms with van der Waals surface area (Å²) in [5.41, 5.74) is 7.17. The van der Waals surface area contributed by atoms with Crippen molar-refractivity contribution in [2.45, 2.75) is 25.3 Å². The van der Waals surface area contributed by atoms with Crippen molar-refractivity contribution in [1.29, 1.82) is 0 Å². The first kappa shape index (κ1) is 20.9. The fraction of sp³-hybridized carbons (Fsp3) is 0.588. The Morgan fingerprint density at radius 2 is 1.79 bits per heavy atom. The molecule has 136 valence electrons. The number of anilines is 1. The van der Waals surface area contributed by atoms with E-state index in [0.717, 1.165) is 56.9 Å². The molecule has 0 spiro atoms. The molecule has 2 unspecified atom stereocenters. The number of methoxy groups -OCH3 is 1. The minimum atomic E-state index is 0. The molecule has 1 aliphatic carbocycles. The number of benzene rings is 1. The number of carbonyl (C=O) groups is 1. The van der Waals surface area contributed by atoms with Gasteiger partial charge in [-0.1, -0.05) is 18.6 Å². The van der Waals surface area contributed by atoms with Gasteiger partial charge in [0.1, 0.15) is 5.75 Å².